The van der Waals surface area contributed by atoms with Gasteiger partial charge in [0.1, 0.15) is 0 Å². The van der Waals surface area contributed by atoms with Crippen molar-refractivity contribution in [3.63, 3.8) is 0 Å². The number of rotatable bonds is 4. The van der Waals surface area contributed by atoms with Gasteiger partial charge in [0, 0.05) is 18.4 Å². The van der Waals surface area contributed by atoms with Crippen LogP contribution in [0.4, 0.5) is 0 Å². The number of aromatic nitrogens is 4. The molecule has 1 aliphatic carbocycles. The van der Waals surface area contributed by atoms with Gasteiger partial charge in [-0.1, -0.05) is 30.3 Å². The fourth-order valence-corrected chi connectivity index (χ4v) is 3.86. The van der Waals surface area contributed by atoms with Gasteiger partial charge in [0.15, 0.2) is 11.5 Å². The molecular formula is C20H23N5. The molecule has 3 aromatic rings. The standard InChI is InChI=1S/C20H23N5/c1-2-4-15(5-3-1)14-24-12-10-17(11-13-24)20-22-21-19-9-8-18(16-6-7-16)23-25(19)20/h1-5,8-9,16-17H,6-7,10-14H2. The van der Waals surface area contributed by atoms with E-state index in [1.54, 1.807) is 0 Å². The van der Waals surface area contributed by atoms with Gasteiger partial charge in [-0.15, -0.1) is 10.2 Å². The smallest absolute Gasteiger partial charge is 0.177 e. The van der Waals surface area contributed by atoms with Crippen molar-refractivity contribution in [3.8, 4) is 0 Å². The molecule has 5 heteroatoms. The van der Waals surface area contributed by atoms with E-state index in [0.29, 0.717) is 11.8 Å². The van der Waals surface area contributed by atoms with Crippen LogP contribution in [0.3, 0.4) is 0 Å². The summed E-state index contributed by atoms with van der Waals surface area (Å²) in [5, 5.41) is 13.7. The highest BCUT2D eigenvalue weighted by Crippen LogP contribution is 2.39. The average molecular weight is 333 g/mol. The maximum absolute atomic E-state index is 4.84. The van der Waals surface area contributed by atoms with Gasteiger partial charge in [0.2, 0.25) is 0 Å². The summed E-state index contributed by atoms with van der Waals surface area (Å²) >= 11 is 0. The summed E-state index contributed by atoms with van der Waals surface area (Å²) in [4.78, 5) is 2.54. The van der Waals surface area contributed by atoms with E-state index in [4.69, 9.17) is 5.10 Å². The van der Waals surface area contributed by atoms with Gasteiger partial charge in [-0.2, -0.15) is 9.61 Å². The number of likely N-dealkylation sites (tertiary alicyclic amines) is 1. The Balaban J connectivity index is 1.30. The average Bonchev–Trinajstić information content (AvgIpc) is 3.43. The largest absolute Gasteiger partial charge is 0.299 e. The highest BCUT2D eigenvalue weighted by atomic mass is 15.4. The van der Waals surface area contributed by atoms with Crippen LogP contribution in [-0.4, -0.2) is 37.8 Å². The molecule has 2 aliphatic rings. The summed E-state index contributed by atoms with van der Waals surface area (Å²) in [6, 6.07) is 14.9. The maximum atomic E-state index is 4.84. The molecule has 0 unspecified atom stereocenters. The van der Waals surface area contributed by atoms with E-state index >= 15 is 0 Å². The molecule has 5 rings (SSSR count). The van der Waals surface area contributed by atoms with Crippen LogP contribution in [0.2, 0.25) is 0 Å². The third kappa shape index (κ3) is 3.04. The predicted octanol–water partition coefficient (Wildman–Crippen LogP) is 3.38. The molecule has 1 aliphatic heterocycles. The van der Waals surface area contributed by atoms with Gasteiger partial charge in [-0.25, -0.2) is 0 Å². The highest BCUT2D eigenvalue weighted by Gasteiger charge is 2.28. The molecule has 3 heterocycles. The van der Waals surface area contributed by atoms with Crippen LogP contribution in [0.1, 0.15) is 54.6 Å². The van der Waals surface area contributed by atoms with Gasteiger partial charge in [-0.3, -0.25) is 4.90 Å². The van der Waals surface area contributed by atoms with E-state index in [1.165, 1.54) is 24.1 Å². The van der Waals surface area contributed by atoms with Crippen LogP contribution >= 0.6 is 0 Å². The lowest BCUT2D eigenvalue weighted by Crippen LogP contribution is -2.33. The molecule has 128 valence electrons. The fraction of sp³-hybridized carbons (Fsp3) is 0.450. The second-order valence-corrected chi connectivity index (χ2v) is 7.40. The minimum Gasteiger partial charge on any atom is -0.299 e. The van der Waals surface area contributed by atoms with Crippen molar-refractivity contribution >= 4 is 5.65 Å². The van der Waals surface area contributed by atoms with E-state index in [1.807, 2.05) is 4.52 Å². The lowest BCUT2D eigenvalue weighted by molar-refractivity contribution is 0.201. The number of hydrogen-bond acceptors (Lipinski definition) is 4. The van der Waals surface area contributed by atoms with E-state index in [0.717, 1.165) is 43.9 Å². The Hall–Kier alpha value is -2.27. The van der Waals surface area contributed by atoms with Crippen LogP contribution in [0, 0.1) is 0 Å². The normalized spacial score (nSPS) is 19.5. The highest BCUT2D eigenvalue weighted by molar-refractivity contribution is 5.38. The topological polar surface area (TPSA) is 46.3 Å². The summed E-state index contributed by atoms with van der Waals surface area (Å²) < 4.78 is 2.01. The molecular weight excluding hydrogens is 310 g/mol. The summed E-state index contributed by atoms with van der Waals surface area (Å²) in [5.74, 6) is 2.17. The number of benzene rings is 1. The minimum absolute atomic E-state index is 0.462. The third-order valence-corrected chi connectivity index (χ3v) is 5.50. The van der Waals surface area contributed by atoms with Crippen LogP contribution in [0.5, 0.6) is 0 Å². The first-order valence-electron chi connectivity index (χ1n) is 9.35. The Labute approximate surface area is 147 Å². The van der Waals surface area contributed by atoms with Crippen molar-refractivity contribution in [2.45, 2.75) is 44.1 Å². The van der Waals surface area contributed by atoms with Gasteiger partial charge < -0.3 is 0 Å². The van der Waals surface area contributed by atoms with Crippen molar-refractivity contribution < 1.29 is 0 Å². The Morgan fingerprint density at radius 3 is 2.40 bits per heavy atom. The lowest BCUT2D eigenvalue weighted by atomic mass is 9.96. The Morgan fingerprint density at radius 2 is 1.64 bits per heavy atom. The molecule has 0 radical (unpaired) electrons. The van der Waals surface area contributed by atoms with Crippen LogP contribution < -0.4 is 0 Å². The number of fused-ring (bicyclic) bond motifs is 1. The zero-order chi connectivity index (χ0) is 16.6. The van der Waals surface area contributed by atoms with Gasteiger partial charge in [0.25, 0.3) is 0 Å². The molecule has 0 amide bonds. The summed E-state index contributed by atoms with van der Waals surface area (Å²) in [5.41, 5.74) is 3.48. The van der Waals surface area contributed by atoms with Crippen LogP contribution in [0.15, 0.2) is 42.5 Å². The maximum Gasteiger partial charge on any atom is 0.177 e. The molecule has 5 nitrogen and oxygen atoms in total. The number of nitrogens with zero attached hydrogens (tertiary/aromatic N) is 5. The van der Waals surface area contributed by atoms with E-state index < -0.39 is 0 Å². The Bertz CT molecular complexity index is 860. The molecule has 2 fully saturated rings. The summed E-state index contributed by atoms with van der Waals surface area (Å²) in [6.45, 7) is 3.26. The molecule has 1 saturated heterocycles. The zero-order valence-corrected chi connectivity index (χ0v) is 14.4. The first-order chi connectivity index (χ1) is 12.4. The first kappa shape index (κ1) is 15.0. The van der Waals surface area contributed by atoms with Gasteiger partial charge in [-0.05, 0) is 56.5 Å². The molecule has 1 saturated carbocycles. The summed E-state index contributed by atoms with van der Waals surface area (Å²) in [7, 11) is 0. The van der Waals surface area contributed by atoms with Crippen molar-refractivity contribution in [2.24, 2.45) is 0 Å². The predicted molar refractivity (Wildman–Crippen MR) is 96.5 cm³/mol. The minimum atomic E-state index is 0.462. The van der Waals surface area contributed by atoms with Crippen molar-refractivity contribution in [1.29, 1.82) is 0 Å². The summed E-state index contributed by atoms with van der Waals surface area (Å²) in [6.07, 6.45) is 4.80. The first-order valence-corrected chi connectivity index (χ1v) is 9.35. The lowest BCUT2D eigenvalue weighted by Gasteiger charge is -2.31. The number of hydrogen-bond donors (Lipinski definition) is 0. The van der Waals surface area contributed by atoms with Crippen molar-refractivity contribution in [3.05, 3.63) is 59.5 Å². The number of piperidine rings is 1. The van der Waals surface area contributed by atoms with Crippen LogP contribution in [-0.2, 0) is 6.54 Å². The molecule has 0 N–H and O–H groups in total. The monoisotopic (exact) mass is 333 g/mol. The van der Waals surface area contributed by atoms with Gasteiger partial charge >= 0.3 is 0 Å². The van der Waals surface area contributed by atoms with Crippen molar-refractivity contribution in [1.82, 2.24) is 24.7 Å². The molecule has 2 aromatic heterocycles. The Morgan fingerprint density at radius 1 is 0.840 bits per heavy atom. The second kappa shape index (κ2) is 6.23. The Kier molecular flexibility index (Phi) is 3.74. The molecule has 0 bridgehead atoms. The van der Waals surface area contributed by atoms with E-state index in [9.17, 15) is 0 Å². The van der Waals surface area contributed by atoms with E-state index in [-0.39, 0.29) is 0 Å². The third-order valence-electron chi connectivity index (χ3n) is 5.50. The van der Waals surface area contributed by atoms with E-state index in [2.05, 4.69) is 57.6 Å². The second-order valence-electron chi connectivity index (χ2n) is 7.40. The molecule has 1 aromatic carbocycles. The molecule has 0 atom stereocenters. The fourth-order valence-electron chi connectivity index (χ4n) is 3.86. The SMILES string of the molecule is c1ccc(CN2CCC(c3nnc4ccc(C5CC5)nn34)CC2)cc1. The van der Waals surface area contributed by atoms with Crippen LogP contribution in [0.25, 0.3) is 5.65 Å². The van der Waals surface area contributed by atoms with Gasteiger partial charge in [0.05, 0.1) is 5.69 Å². The quantitative estimate of drug-likeness (QED) is 0.734. The molecule has 25 heavy (non-hydrogen) atoms. The molecule has 0 spiro atoms. The zero-order valence-electron chi connectivity index (χ0n) is 14.4. The van der Waals surface area contributed by atoms with Crippen molar-refractivity contribution in [2.75, 3.05) is 13.1 Å².